The summed E-state index contributed by atoms with van der Waals surface area (Å²) in [5.41, 5.74) is -4.03. The number of ether oxygens (including phenoxy) is 1. The predicted octanol–water partition coefficient (Wildman–Crippen LogP) is 1.72. The number of halogens is 5. The van der Waals surface area contributed by atoms with Crippen molar-refractivity contribution < 1.29 is 31.8 Å². The molecule has 2 heterocycles. The van der Waals surface area contributed by atoms with Crippen molar-refractivity contribution in [1.82, 2.24) is 0 Å². The Bertz CT molecular complexity index is 289. The van der Waals surface area contributed by atoms with Crippen molar-refractivity contribution in [3.63, 3.8) is 0 Å². The van der Waals surface area contributed by atoms with E-state index >= 15 is 0 Å². The van der Waals surface area contributed by atoms with Crippen LogP contribution >= 0.6 is 0 Å². The van der Waals surface area contributed by atoms with Crippen molar-refractivity contribution in [3.8, 4) is 0 Å². The van der Waals surface area contributed by atoms with E-state index in [2.05, 4.69) is 4.74 Å². The molecule has 2 nitrogen and oxygen atoms in total. The van der Waals surface area contributed by atoms with E-state index in [9.17, 15) is 22.0 Å². The molecule has 0 radical (unpaired) electrons. The zero-order valence-electron chi connectivity index (χ0n) is 7.68. The van der Waals surface area contributed by atoms with E-state index in [4.69, 9.17) is 5.11 Å². The number of hydrogen-bond donors (Lipinski definition) is 1. The molecule has 2 aliphatic rings. The highest BCUT2D eigenvalue weighted by molar-refractivity contribution is 5.18. The minimum absolute atomic E-state index is 0.198. The maximum absolute atomic E-state index is 13.3. The molecule has 0 saturated carbocycles. The molecule has 2 aliphatic heterocycles. The fourth-order valence-electron chi connectivity index (χ4n) is 2.34. The summed E-state index contributed by atoms with van der Waals surface area (Å²) in [5.74, 6) is -4.94. The van der Waals surface area contributed by atoms with Crippen molar-refractivity contribution in [1.29, 1.82) is 0 Å². The van der Waals surface area contributed by atoms with Crippen LogP contribution in [0.3, 0.4) is 0 Å². The van der Waals surface area contributed by atoms with Crippen LogP contribution < -0.4 is 0 Å². The smallest absolute Gasteiger partial charge is 0.374 e. The Hall–Kier alpha value is -0.430. The summed E-state index contributed by atoms with van der Waals surface area (Å²) in [6.07, 6.45) is -9.27. The first-order valence-corrected chi connectivity index (χ1v) is 4.44. The Labute approximate surface area is 82.0 Å². The van der Waals surface area contributed by atoms with E-state index in [1.165, 1.54) is 6.92 Å². The van der Waals surface area contributed by atoms with Gasteiger partial charge in [0.2, 0.25) is 0 Å². The van der Waals surface area contributed by atoms with Gasteiger partial charge in [-0.15, -0.1) is 0 Å². The van der Waals surface area contributed by atoms with Gasteiger partial charge in [-0.2, -0.15) is 22.0 Å². The molecule has 4 atom stereocenters. The van der Waals surface area contributed by atoms with E-state index < -0.39 is 35.8 Å². The van der Waals surface area contributed by atoms with Crippen molar-refractivity contribution in [2.24, 2.45) is 5.92 Å². The number of fused-ring (bicyclic) bond motifs is 2. The van der Waals surface area contributed by atoms with Crippen LogP contribution in [0, 0.1) is 5.92 Å². The molecule has 2 fully saturated rings. The summed E-state index contributed by atoms with van der Waals surface area (Å²) in [6, 6.07) is 0. The Morgan fingerprint density at radius 3 is 2.20 bits per heavy atom. The third kappa shape index (κ3) is 1.05. The second-order valence-electron chi connectivity index (χ2n) is 4.15. The average Bonchev–Trinajstić information content (AvgIpc) is 2.49. The van der Waals surface area contributed by atoms with Crippen molar-refractivity contribution in [2.45, 2.75) is 43.3 Å². The van der Waals surface area contributed by atoms with Crippen LogP contribution in [-0.2, 0) is 4.74 Å². The Morgan fingerprint density at radius 1 is 1.33 bits per heavy atom. The predicted molar refractivity (Wildman–Crippen MR) is 38.4 cm³/mol. The van der Waals surface area contributed by atoms with Crippen LogP contribution in [-0.4, -0.2) is 35.0 Å². The van der Waals surface area contributed by atoms with Crippen LogP contribution in [0.15, 0.2) is 0 Å². The third-order valence-corrected chi connectivity index (χ3v) is 3.18. The molecule has 0 aromatic heterocycles. The number of alkyl halides is 5. The molecule has 0 aromatic carbocycles. The Balaban J connectivity index is 2.45. The van der Waals surface area contributed by atoms with Gasteiger partial charge in [0.1, 0.15) is 12.2 Å². The normalized spacial score (nSPS) is 48.6. The molecule has 2 rings (SSSR count). The first-order chi connectivity index (χ1) is 6.62. The first kappa shape index (κ1) is 11.1. The summed E-state index contributed by atoms with van der Waals surface area (Å²) >= 11 is 0. The second kappa shape index (κ2) is 2.63. The lowest BCUT2D eigenvalue weighted by Gasteiger charge is -2.39. The molecule has 1 N–H and O–H groups in total. The van der Waals surface area contributed by atoms with Gasteiger partial charge in [0, 0.05) is 0 Å². The van der Waals surface area contributed by atoms with Crippen LogP contribution in [0.4, 0.5) is 22.0 Å². The molecule has 15 heavy (non-hydrogen) atoms. The fourth-order valence-corrected chi connectivity index (χ4v) is 2.34. The molecule has 7 heteroatoms. The molecule has 0 aromatic rings. The van der Waals surface area contributed by atoms with Gasteiger partial charge >= 0.3 is 12.1 Å². The quantitative estimate of drug-likeness (QED) is 0.644. The molecular formula is C8H9F5O2. The summed E-state index contributed by atoms with van der Waals surface area (Å²) in [6.45, 7) is 1.38. The highest BCUT2D eigenvalue weighted by atomic mass is 19.4. The van der Waals surface area contributed by atoms with Crippen LogP contribution in [0.1, 0.15) is 13.3 Å². The van der Waals surface area contributed by atoms with Crippen LogP contribution in [0.2, 0.25) is 0 Å². The molecule has 2 saturated heterocycles. The van der Waals surface area contributed by atoms with Crippen molar-refractivity contribution >= 4 is 0 Å². The molecule has 0 aliphatic carbocycles. The standard InChI is InChI=1S/C8H9F5O2/c1-3-2-4-6(14,8(11,12)13)7(9,10)5(3)15-4/h3-5,14H,2H2,1H3/t3?,4?,5-,6?/m0/s1. The molecule has 2 bridgehead atoms. The third-order valence-electron chi connectivity index (χ3n) is 3.18. The van der Waals surface area contributed by atoms with Gasteiger partial charge in [-0.25, -0.2) is 0 Å². The number of rotatable bonds is 0. The highest BCUT2D eigenvalue weighted by Gasteiger charge is 2.83. The maximum atomic E-state index is 13.3. The van der Waals surface area contributed by atoms with Crippen LogP contribution in [0.25, 0.3) is 0 Å². The monoisotopic (exact) mass is 232 g/mol. The fraction of sp³-hybridized carbons (Fsp3) is 1.00. The van der Waals surface area contributed by atoms with E-state index in [0.29, 0.717) is 0 Å². The molecule has 88 valence electrons. The Kier molecular flexibility index (Phi) is 1.94. The first-order valence-electron chi connectivity index (χ1n) is 4.44. The van der Waals surface area contributed by atoms with E-state index in [-0.39, 0.29) is 6.42 Å². The minimum Gasteiger partial charge on any atom is -0.374 e. The maximum Gasteiger partial charge on any atom is 0.425 e. The summed E-state index contributed by atoms with van der Waals surface area (Å²) in [7, 11) is 0. The van der Waals surface area contributed by atoms with E-state index in [1.807, 2.05) is 0 Å². The second-order valence-corrected chi connectivity index (χ2v) is 4.15. The lowest BCUT2D eigenvalue weighted by Crippen LogP contribution is -2.66. The summed E-state index contributed by atoms with van der Waals surface area (Å²) in [5, 5.41) is 9.16. The van der Waals surface area contributed by atoms with Crippen molar-refractivity contribution in [2.75, 3.05) is 0 Å². The lowest BCUT2D eigenvalue weighted by molar-refractivity contribution is -0.335. The largest absolute Gasteiger partial charge is 0.425 e. The highest BCUT2D eigenvalue weighted by Crippen LogP contribution is 2.59. The SMILES string of the molecule is CC1CC2O[C@@H]1C(F)(F)C2(O)C(F)(F)F. The summed E-state index contributed by atoms with van der Waals surface area (Å²) < 4.78 is 68.4. The zero-order valence-corrected chi connectivity index (χ0v) is 7.68. The molecule has 0 amide bonds. The lowest BCUT2D eigenvalue weighted by atomic mass is 9.76. The van der Waals surface area contributed by atoms with Gasteiger partial charge < -0.3 is 9.84 Å². The topological polar surface area (TPSA) is 29.5 Å². The number of hydrogen-bond acceptors (Lipinski definition) is 2. The Morgan fingerprint density at radius 2 is 1.87 bits per heavy atom. The summed E-state index contributed by atoms with van der Waals surface area (Å²) in [4.78, 5) is 0. The zero-order chi connectivity index (χ0) is 11.6. The number of aliphatic hydroxyl groups is 1. The van der Waals surface area contributed by atoms with Gasteiger partial charge in [0.05, 0.1) is 0 Å². The van der Waals surface area contributed by atoms with Crippen molar-refractivity contribution in [3.05, 3.63) is 0 Å². The van der Waals surface area contributed by atoms with E-state index in [0.717, 1.165) is 0 Å². The average molecular weight is 232 g/mol. The molecular weight excluding hydrogens is 223 g/mol. The van der Waals surface area contributed by atoms with Gasteiger partial charge in [-0.1, -0.05) is 6.92 Å². The van der Waals surface area contributed by atoms with E-state index in [1.54, 1.807) is 0 Å². The molecule has 3 unspecified atom stereocenters. The molecule has 0 spiro atoms. The van der Waals surface area contributed by atoms with Gasteiger partial charge in [-0.3, -0.25) is 0 Å². The minimum atomic E-state index is -5.38. The van der Waals surface area contributed by atoms with Gasteiger partial charge in [0.15, 0.2) is 0 Å². The van der Waals surface area contributed by atoms with Gasteiger partial charge in [0.25, 0.3) is 5.60 Å². The van der Waals surface area contributed by atoms with Crippen LogP contribution in [0.5, 0.6) is 0 Å². The van der Waals surface area contributed by atoms with Gasteiger partial charge in [-0.05, 0) is 12.3 Å².